The molecule has 3 heterocycles. The number of hydrogen-bond donors (Lipinski definition) is 1. The Kier molecular flexibility index (Phi) is 2.53. The van der Waals surface area contributed by atoms with Crippen LogP contribution in [-0.2, 0) is 4.74 Å². The van der Waals surface area contributed by atoms with Crippen LogP contribution in [0.3, 0.4) is 0 Å². The number of rotatable bonds is 2. The van der Waals surface area contributed by atoms with Crippen LogP contribution in [0.15, 0.2) is 12.1 Å². The van der Waals surface area contributed by atoms with Crippen molar-refractivity contribution in [3.8, 4) is 0 Å². The van der Waals surface area contributed by atoms with Crippen LogP contribution in [-0.4, -0.2) is 27.2 Å². The lowest BCUT2D eigenvalue weighted by Crippen LogP contribution is -2.22. The van der Waals surface area contributed by atoms with E-state index in [1.54, 1.807) is 0 Å². The molecule has 0 spiro atoms. The van der Waals surface area contributed by atoms with Crippen molar-refractivity contribution in [1.29, 1.82) is 0 Å². The minimum Gasteiger partial charge on any atom is -0.376 e. The molecule has 100 valence electrons. The maximum Gasteiger partial charge on any atom is 0.179 e. The molecule has 19 heavy (non-hydrogen) atoms. The SMILES string of the molecule is Cc1ccc2[nH]c(=S)n(C3CCOC3C3CC3)c2n1. The predicted molar refractivity (Wildman–Crippen MR) is 75.8 cm³/mol. The Hall–Kier alpha value is -1.20. The molecular weight excluding hydrogens is 258 g/mol. The zero-order valence-electron chi connectivity index (χ0n) is 10.9. The van der Waals surface area contributed by atoms with Crippen LogP contribution in [0.25, 0.3) is 11.2 Å². The van der Waals surface area contributed by atoms with Gasteiger partial charge in [-0.05, 0) is 56.5 Å². The summed E-state index contributed by atoms with van der Waals surface area (Å²) in [7, 11) is 0. The summed E-state index contributed by atoms with van der Waals surface area (Å²) in [5.41, 5.74) is 3.03. The highest BCUT2D eigenvalue weighted by Crippen LogP contribution is 2.44. The van der Waals surface area contributed by atoms with Crippen molar-refractivity contribution in [1.82, 2.24) is 14.5 Å². The molecule has 0 bridgehead atoms. The van der Waals surface area contributed by atoms with Gasteiger partial charge in [-0.3, -0.25) is 4.57 Å². The van der Waals surface area contributed by atoms with Gasteiger partial charge < -0.3 is 9.72 Å². The van der Waals surface area contributed by atoms with Crippen LogP contribution in [0.1, 0.15) is 31.0 Å². The van der Waals surface area contributed by atoms with Gasteiger partial charge in [0.25, 0.3) is 0 Å². The van der Waals surface area contributed by atoms with Gasteiger partial charge in [0, 0.05) is 12.3 Å². The lowest BCUT2D eigenvalue weighted by atomic mass is 10.1. The molecule has 2 atom stereocenters. The van der Waals surface area contributed by atoms with E-state index in [1.807, 2.05) is 13.0 Å². The molecule has 0 radical (unpaired) electrons. The smallest absolute Gasteiger partial charge is 0.179 e. The molecule has 1 saturated heterocycles. The van der Waals surface area contributed by atoms with E-state index in [9.17, 15) is 0 Å². The van der Waals surface area contributed by atoms with E-state index in [4.69, 9.17) is 17.0 Å². The Morgan fingerprint density at radius 2 is 2.21 bits per heavy atom. The highest BCUT2D eigenvalue weighted by atomic mass is 32.1. The average molecular weight is 275 g/mol. The Balaban J connectivity index is 1.87. The molecular formula is C14H17N3OS. The number of imidazole rings is 1. The molecule has 0 amide bonds. The number of H-pyrrole nitrogens is 1. The molecule has 1 N–H and O–H groups in total. The monoisotopic (exact) mass is 275 g/mol. The number of aromatic amines is 1. The van der Waals surface area contributed by atoms with Gasteiger partial charge in [-0.2, -0.15) is 0 Å². The van der Waals surface area contributed by atoms with E-state index in [1.165, 1.54) is 12.8 Å². The first-order chi connectivity index (χ1) is 9.24. The molecule has 2 aromatic rings. The number of pyridine rings is 1. The first-order valence-electron chi connectivity index (χ1n) is 6.93. The second-order valence-electron chi connectivity index (χ2n) is 5.65. The first-order valence-corrected chi connectivity index (χ1v) is 7.34. The highest BCUT2D eigenvalue weighted by Gasteiger charge is 2.42. The lowest BCUT2D eigenvalue weighted by molar-refractivity contribution is 0.0755. The van der Waals surface area contributed by atoms with E-state index in [-0.39, 0.29) is 0 Å². The first kappa shape index (κ1) is 11.6. The molecule has 4 rings (SSSR count). The molecule has 1 aliphatic heterocycles. The predicted octanol–water partition coefficient (Wildman–Crippen LogP) is 3.14. The molecule has 1 saturated carbocycles. The number of hydrogen-bond acceptors (Lipinski definition) is 3. The van der Waals surface area contributed by atoms with Crippen molar-refractivity contribution in [2.24, 2.45) is 5.92 Å². The minimum atomic E-state index is 0.327. The maximum absolute atomic E-state index is 5.94. The van der Waals surface area contributed by atoms with Crippen LogP contribution in [0.5, 0.6) is 0 Å². The quantitative estimate of drug-likeness (QED) is 0.856. The molecule has 4 nitrogen and oxygen atoms in total. The third-order valence-corrected chi connectivity index (χ3v) is 4.52. The number of aryl methyl sites for hydroxylation is 1. The second kappa shape index (κ2) is 4.15. The van der Waals surface area contributed by atoms with Gasteiger partial charge in [0.05, 0.1) is 17.7 Å². The zero-order valence-corrected chi connectivity index (χ0v) is 11.7. The number of nitrogens with one attached hydrogen (secondary N) is 1. The van der Waals surface area contributed by atoms with E-state index >= 15 is 0 Å². The summed E-state index contributed by atoms with van der Waals surface area (Å²) < 4.78 is 8.90. The molecule has 2 aliphatic rings. The largest absolute Gasteiger partial charge is 0.376 e. The van der Waals surface area contributed by atoms with Crippen molar-refractivity contribution in [2.75, 3.05) is 6.61 Å². The van der Waals surface area contributed by atoms with Crippen molar-refractivity contribution in [2.45, 2.75) is 38.3 Å². The third kappa shape index (κ3) is 1.83. The molecule has 0 aromatic carbocycles. The van der Waals surface area contributed by atoms with Crippen LogP contribution >= 0.6 is 12.2 Å². The number of fused-ring (bicyclic) bond motifs is 1. The fourth-order valence-electron chi connectivity index (χ4n) is 3.15. The van der Waals surface area contributed by atoms with E-state index in [0.29, 0.717) is 12.1 Å². The van der Waals surface area contributed by atoms with Crippen molar-refractivity contribution >= 4 is 23.4 Å². The normalized spacial score (nSPS) is 27.2. The summed E-state index contributed by atoms with van der Waals surface area (Å²) in [4.78, 5) is 7.94. The Labute approximate surface area is 116 Å². The summed E-state index contributed by atoms with van der Waals surface area (Å²) in [6, 6.07) is 4.43. The van der Waals surface area contributed by atoms with Crippen molar-refractivity contribution in [3.63, 3.8) is 0 Å². The molecule has 1 aliphatic carbocycles. The van der Waals surface area contributed by atoms with Gasteiger partial charge in [0.2, 0.25) is 0 Å². The summed E-state index contributed by atoms with van der Waals surface area (Å²) in [6.45, 7) is 2.86. The van der Waals surface area contributed by atoms with Gasteiger partial charge in [-0.15, -0.1) is 0 Å². The maximum atomic E-state index is 5.94. The Morgan fingerprint density at radius 1 is 1.37 bits per heavy atom. The number of aromatic nitrogens is 3. The molecule has 2 aromatic heterocycles. The van der Waals surface area contributed by atoms with Gasteiger partial charge in [-0.1, -0.05) is 0 Å². The van der Waals surface area contributed by atoms with Crippen molar-refractivity contribution in [3.05, 3.63) is 22.6 Å². The third-order valence-electron chi connectivity index (χ3n) is 4.22. The fourth-order valence-corrected chi connectivity index (χ4v) is 3.49. The molecule has 5 heteroatoms. The van der Waals surface area contributed by atoms with Gasteiger partial charge in [-0.25, -0.2) is 4.98 Å². The van der Waals surface area contributed by atoms with Gasteiger partial charge in [0.1, 0.15) is 0 Å². The fraction of sp³-hybridized carbons (Fsp3) is 0.571. The summed E-state index contributed by atoms with van der Waals surface area (Å²) >= 11 is 5.50. The molecule has 2 unspecified atom stereocenters. The summed E-state index contributed by atoms with van der Waals surface area (Å²) in [5.74, 6) is 0.726. The van der Waals surface area contributed by atoms with E-state index in [2.05, 4.69) is 20.6 Å². The van der Waals surface area contributed by atoms with Crippen LogP contribution < -0.4 is 0 Å². The van der Waals surface area contributed by atoms with E-state index < -0.39 is 0 Å². The minimum absolute atomic E-state index is 0.327. The second-order valence-corrected chi connectivity index (χ2v) is 6.04. The summed E-state index contributed by atoms with van der Waals surface area (Å²) in [6.07, 6.45) is 3.96. The number of ether oxygens (including phenoxy) is 1. The Morgan fingerprint density at radius 3 is 3.00 bits per heavy atom. The highest BCUT2D eigenvalue weighted by molar-refractivity contribution is 7.71. The van der Waals surface area contributed by atoms with Crippen LogP contribution in [0.2, 0.25) is 0 Å². The topological polar surface area (TPSA) is 42.8 Å². The van der Waals surface area contributed by atoms with E-state index in [0.717, 1.165) is 40.6 Å². The van der Waals surface area contributed by atoms with Crippen LogP contribution in [0.4, 0.5) is 0 Å². The zero-order chi connectivity index (χ0) is 13.0. The van der Waals surface area contributed by atoms with Crippen molar-refractivity contribution < 1.29 is 4.74 Å². The Bertz CT molecular complexity index is 686. The summed E-state index contributed by atoms with van der Waals surface area (Å²) in [5, 5.41) is 0. The lowest BCUT2D eigenvalue weighted by Gasteiger charge is -2.19. The average Bonchev–Trinajstić information content (AvgIpc) is 3.03. The van der Waals surface area contributed by atoms with Gasteiger partial charge >= 0.3 is 0 Å². The van der Waals surface area contributed by atoms with Crippen LogP contribution in [0, 0.1) is 17.6 Å². The molecule has 2 fully saturated rings. The number of nitrogens with zero attached hydrogens (tertiary/aromatic N) is 2. The standard InChI is InChI=1S/C14H17N3OS/c1-8-2-5-10-13(15-8)17(14(19)16-10)11-6-7-18-12(11)9-3-4-9/h2,5,9,11-12H,3-4,6-7H2,1H3,(H,16,19). The van der Waals surface area contributed by atoms with Gasteiger partial charge in [0.15, 0.2) is 10.4 Å².